The molecule has 0 saturated carbocycles. The van der Waals surface area contributed by atoms with Crippen molar-refractivity contribution < 1.29 is 14.2 Å². The van der Waals surface area contributed by atoms with Gasteiger partial charge in [0.2, 0.25) is 5.88 Å². The van der Waals surface area contributed by atoms with Crippen molar-refractivity contribution in [2.24, 2.45) is 0 Å². The lowest BCUT2D eigenvalue weighted by atomic mass is 9.92. The van der Waals surface area contributed by atoms with Gasteiger partial charge in [-0.25, -0.2) is 9.97 Å². The van der Waals surface area contributed by atoms with Crippen molar-refractivity contribution in [2.75, 3.05) is 26.6 Å². The monoisotopic (exact) mass is 381 g/mol. The van der Waals surface area contributed by atoms with E-state index in [4.69, 9.17) is 24.9 Å². The number of hydrogen-bond donors (Lipinski definition) is 1. The van der Waals surface area contributed by atoms with Crippen LogP contribution in [0.25, 0.3) is 22.0 Å². The van der Waals surface area contributed by atoms with E-state index in [0.29, 0.717) is 18.3 Å². The zero-order valence-electron chi connectivity index (χ0n) is 17.1. The molecular weight excluding hydrogens is 354 g/mol. The number of pyridine rings is 2. The van der Waals surface area contributed by atoms with E-state index in [2.05, 4.69) is 18.8 Å². The number of rotatable bonds is 7. The number of fused-ring (bicyclic) bond motifs is 1. The standard InChI is InChI=1S/C22H27N3O3/c1-6-14-18(26-4)11-19(27-5)15(7-2)21(14)17-9-13-12-24-20(23)10-16(13)22(25-17)28-8-3/h9-12H,6-8H2,1-5H3,(H2,23,24). The van der Waals surface area contributed by atoms with Gasteiger partial charge in [-0.3, -0.25) is 0 Å². The lowest BCUT2D eigenvalue weighted by Gasteiger charge is -2.20. The van der Waals surface area contributed by atoms with Crippen molar-refractivity contribution in [3.8, 4) is 28.6 Å². The van der Waals surface area contributed by atoms with Crippen molar-refractivity contribution in [2.45, 2.75) is 33.6 Å². The van der Waals surface area contributed by atoms with E-state index in [1.54, 1.807) is 26.5 Å². The van der Waals surface area contributed by atoms with Crippen LogP contribution in [-0.4, -0.2) is 30.8 Å². The first-order valence-electron chi connectivity index (χ1n) is 9.53. The van der Waals surface area contributed by atoms with Crippen LogP contribution in [0.2, 0.25) is 0 Å². The summed E-state index contributed by atoms with van der Waals surface area (Å²) in [5.41, 5.74) is 9.91. The van der Waals surface area contributed by atoms with Crippen LogP contribution in [0.3, 0.4) is 0 Å². The van der Waals surface area contributed by atoms with E-state index in [0.717, 1.165) is 57.5 Å². The molecule has 1 aromatic carbocycles. The van der Waals surface area contributed by atoms with Crippen molar-refractivity contribution >= 4 is 16.6 Å². The lowest BCUT2D eigenvalue weighted by molar-refractivity contribution is 0.331. The molecule has 2 N–H and O–H groups in total. The Morgan fingerprint density at radius 2 is 1.57 bits per heavy atom. The Morgan fingerprint density at radius 3 is 2.11 bits per heavy atom. The number of benzene rings is 1. The number of nitrogen functional groups attached to an aromatic ring is 1. The summed E-state index contributed by atoms with van der Waals surface area (Å²) in [4.78, 5) is 9.09. The maximum atomic E-state index is 5.88. The van der Waals surface area contributed by atoms with Crippen LogP contribution >= 0.6 is 0 Å². The van der Waals surface area contributed by atoms with Crippen molar-refractivity contribution in [3.63, 3.8) is 0 Å². The maximum Gasteiger partial charge on any atom is 0.222 e. The number of hydrogen-bond acceptors (Lipinski definition) is 6. The molecule has 0 aliphatic carbocycles. The Morgan fingerprint density at radius 1 is 0.929 bits per heavy atom. The zero-order chi connectivity index (χ0) is 20.3. The van der Waals surface area contributed by atoms with Gasteiger partial charge in [0, 0.05) is 39.7 Å². The smallest absolute Gasteiger partial charge is 0.222 e. The maximum absolute atomic E-state index is 5.88. The zero-order valence-corrected chi connectivity index (χ0v) is 17.1. The van der Waals surface area contributed by atoms with Gasteiger partial charge in [-0.1, -0.05) is 13.8 Å². The minimum atomic E-state index is 0.439. The Kier molecular flexibility index (Phi) is 5.87. The minimum absolute atomic E-state index is 0.439. The van der Waals surface area contributed by atoms with Gasteiger partial charge in [-0.15, -0.1) is 0 Å². The molecule has 0 saturated heterocycles. The summed E-state index contributed by atoms with van der Waals surface area (Å²) in [5.74, 6) is 2.58. The van der Waals surface area contributed by atoms with Crippen LogP contribution in [0.15, 0.2) is 24.4 Å². The van der Waals surface area contributed by atoms with Crippen molar-refractivity contribution in [1.82, 2.24) is 9.97 Å². The third kappa shape index (κ3) is 3.42. The van der Waals surface area contributed by atoms with Gasteiger partial charge in [0.15, 0.2) is 0 Å². The predicted molar refractivity (Wildman–Crippen MR) is 112 cm³/mol. The summed E-state index contributed by atoms with van der Waals surface area (Å²) in [7, 11) is 3.35. The average Bonchev–Trinajstić information content (AvgIpc) is 2.72. The Labute approximate surface area is 165 Å². The first-order valence-corrected chi connectivity index (χ1v) is 9.53. The second-order valence-corrected chi connectivity index (χ2v) is 6.40. The molecule has 28 heavy (non-hydrogen) atoms. The summed E-state index contributed by atoms with van der Waals surface area (Å²) in [6.07, 6.45) is 3.37. The molecule has 148 valence electrons. The molecule has 0 atom stereocenters. The van der Waals surface area contributed by atoms with Gasteiger partial charge in [0.05, 0.1) is 26.5 Å². The number of nitrogens with two attached hydrogens (primary N) is 1. The van der Waals surface area contributed by atoms with Crippen LogP contribution in [0.4, 0.5) is 5.82 Å². The molecule has 6 heteroatoms. The first kappa shape index (κ1) is 19.7. The molecule has 0 aliphatic heterocycles. The number of ether oxygens (including phenoxy) is 3. The second kappa shape index (κ2) is 8.33. The quantitative estimate of drug-likeness (QED) is 0.653. The first-order chi connectivity index (χ1) is 13.6. The van der Waals surface area contributed by atoms with Gasteiger partial charge in [-0.05, 0) is 31.9 Å². The Bertz CT molecular complexity index is 972. The molecule has 3 rings (SSSR count). The fourth-order valence-corrected chi connectivity index (χ4v) is 3.60. The third-order valence-electron chi connectivity index (χ3n) is 4.85. The highest BCUT2D eigenvalue weighted by atomic mass is 16.5. The van der Waals surface area contributed by atoms with Crippen molar-refractivity contribution in [1.29, 1.82) is 0 Å². The molecule has 3 aromatic rings. The fraction of sp³-hybridized carbons (Fsp3) is 0.364. The molecule has 0 radical (unpaired) electrons. The predicted octanol–water partition coefficient (Wildman–Crippen LogP) is 4.42. The van der Waals surface area contributed by atoms with E-state index < -0.39 is 0 Å². The highest BCUT2D eigenvalue weighted by Gasteiger charge is 2.21. The number of nitrogens with zero attached hydrogens (tertiary/aromatic N) is 2. The molecule has 0 unspecified atom stereocenters. The average molecular weight is 381 g/mol. The summed E-state index contributed by atoms with van der Waals surface area (Å²) in [6, 6.07) is 5.77. The van der Waals surface area contributed by atoms with E-state index in [-0.39, 0.29) is 0 Å². The van der Waals surface area contributed by atoms with Gasteiger partial charge in [-0.2, -0.15) is 0 Å². The van der Waals surface area contributed by atoms with Gasteiger partial charge in [0.25, 0.3) is 0 Å². The van der Waals surface area contributed by atoms with E-state index in [1.165, 1.54) is 0 Å². The molecule has 0 fully saturated rings. The molecule has 0 bridgehead atoms. The highest BCUT2D eigenvalue weighted by molar-refractivity contribution is 5.92. The van der Waals surface area contributed by atoms with Crippen LogP contribution < -0.4 is 19.9 Å². The summed E-state index contributed by atoms with van der Waals surface area (Å²) < 4.78 is 17.1. The van der Waals surface area contributed by atoms with Gasteiger partial charge < -0.3 is 19.9 Å². The van der Waals surface area contributed by atoms with Crippen LogP contribution in [-0.2, 0) is 12.8 Å². The summed E-state index contributed by atoms with van der Waals surface area (Å²) >= 11 is 0. The minimum Gasteiger partial charge on any atom is -0.496 e. The normalized spacial score (nSPS) is 10.9. The topological polar surface area (TPSA) is 79.5 Å². The lowest BCUT2D eigenvalue weighted by Crippen LogP contribution is -2.04. The van der Waals surface area contributed by atoms with Crippen LogP contribution in [0.1, 0.15) is 31.9 Å². The Hall–Kier alpha value is -3.02. The second-order valence-electron chi connectivity index (χ2n) is 6.40. The third-order valence-corrected chi connectivity index (χ3v) is 4.85. The van der Waals surface area contributed by atoms with E-state index >= 15 is 0 Å². The van der Waals surface area contributed by atoms with Crippen LogP contribution in [0.5, 0.6) is 17.4 Å². The van der Waals surface area contributed by atoms with E-state index in [1.807, 2.05) is 19.1 Å². The molecule has 2 heterocycles. The van der Waals surface area contributed by atoms with Gasteiger partial charge in [0.1, 0.15) is 17.3 Å². The molecule has 0 aliphatic rings. The number of anilines is 1. The summed E-state index contributed by atoms with van der Waals surface area (Å²) in [6.45, 7) is 6.67. The molecule has 6 nitrogen and oxygen atoms in total. The molecular formula is C22H27N3O3. The fourth-order valence-electron chi connectivity index (χ4n) is 3.60. The summed E-state index contributed by atoms with van der Waals surface area (Å²) in [5, 5.41) is 1.78. The molecule has 2 aromatic heterocycles. The largest absolute Gasteiger partial charge is 0.496 e. The molecule has 0 amide bonds. The van der Waals surface area contributed by atoms with Crippen molar-refractivity contribution in [3.05, 3.63) is 35.5 Å². The van der Waals surface area contributed by atoms with Gasteiger partial charge >= 0.3 is 0 Å². The number of methoxy groups -OCH3 is 2. The SMILES string of the molecule is CCOc1nc(-c2c(CC)c(OC)cc(OC)c2CC)cc2cnc(N)cc12. The highest BCUT2D eigenvalue weighted by Crippen LogP contribution is 2.41. The van der Waals surface area contributed by atoms with Crippen LogP contribution in [0, 0.1) is 0 Å². The molecule has 0 spiro atoms. The number of aromatic nitrogens is 2. The Balaban J connectivity index is 2.39. The van der Waals surface area contributed by atoms with E-state index in [9.17, 15) is 0 Å².